The summed E-state index contributed by atoms with van der Waals surface area (Å²) < 4.78 is 10.0. The maximum absolute atomic E-state index is 12.4. The summed E-state index contributed by atoms with van der Waals surface area (Å²) in [4.78, 5) is 23.7. The highest BCUT2D eigenvalue weighted by molar-refractivity contribution is 6.00. The number of anilines is 2. The van der Waals surface area contributed by atoms with Crippen molar-refractivity contribution in [3.63, 3.8) is 0 Å². The van der Waals surface area contributed by atoms with Crippen LogP contribution in [0, 0.1) is 6.92 Å². The quantitative estimate of drug-likeness (QED) is 0.456. The third-order valence-electron chi connectivity index (χ3n) is 5.66. The van der Waals surface area contributed by atoms with Crippen LogP contribution in [0.25, 0.3) is 0 Å². The Morgan fingerprint density at radius 3 is 2.39 bits per heavy atom. The average molecular weight is 423 g/mol. The summed E-state index contributed by atoms with van der Waals surface area (Å²) >= 11 is 0. The van der Waals surface area contributed by atoms with Crippen LogP contribution in [0.4, 0.5) is 16.2 Å². The van der Waals surface area contributed by atoms with Crippen LogP contribution in [-0.4, -0.2) is 26.2 Å². The van der Waals surface area contributed by atoms with Gasteiger partial charge in [0.15, 0.2) is 0 Å². The molecule has 1 aliphatic rings. The number of nitrogens with one attached hydrogen (secondary N) is 2. The fourth-order valence-corrected chi connectivity index (χ4v) is 3.88. The highest BCUT2D eigenvalue weighted by Crippen LogP contribution is 2.36. The van der Waals surface area contributed by atoms with Gasteiger partial charge in [0.05, 0.1) is 26.3 Å². The average Bonchev–Trinajstić information content (AvgIpc) is 2.78. The number of hydrogen-bond donors (Lipinski definition) is 2. The highest BCUT2D eigenvalue weighted by Gasteiger charge is 2.18. The van der Waals surface area contributed by atoms with Crippen LogP contribution in [-0.2, 0) is 9.53 Å². The number of esters is 1. The number of aryl methyl sites for hydroxylation is 1. The van der Waals surface area contributed by atoms with E-state index in [0.717, 1.165) is 36.9 Å². The lowest BCUT2D eigenvalue weighted by Gasteiger charge is -2.24. The summed E-state index contributed by atoms with van der Waals surface area (Å²) in [6, 6.07) is 13.4. The zero-order valence-corrected chi connectivity index (χ0v) is 18.4. The molecule has 6 nitrogen and oxygen atoms in total. The fourth-order valence-electron chi connectivity index (χ4n) is 3.88. The number of methoxy groups -OCH3 is 2. The Kier molecular flexibility index (Phi) is 7.70. The number of rotatable bonds is 6. The number of allylic oxidation sites excluding steroid dienone is 1. The molecule has 0 aromatic heterocycles. The first-order valence-electron chi connectivity index (χ1n) is 10.6. The molecule has 0 atom stereocenters. The van der Waals surface area contributed by atoms with Crippen molar-refractivity contribution < 1.29 is 19.1 Å². The number of benzene rings is 2. The first kappa shape index (κ1) is 22.4. The fraction of sp³-hybridized carbons (Fsp3) is 0.360. The van der Waals surface area contributed by atoms with E-state index in [9.17, 15) is 9.59 Å². The van der Waals surface area contributed by atoms with Gasteiger partial charge < -0.3 is 20.1 Å². The molecule has 0 aliphatic heterocycles. The zero-order chi connectivity index (χ0) is 22.2. The maximum atomic E-state index is 12.4. The monoisotopic (exact) mass is 422 g/mol. The second kappa shape index (κ2) is 10.7. The summed E-state index contributed by atoms with van der Waals surface area (Å²) in [6.45, 7) is 1.96. The Balaban J connectivity index is 1.53. The van der Waals surface area contributed by atoms with E-state index in [1.807, 2.05) is 43.3 Å². The van der Waals surface area contributed by atoms with Gasteiger partial charge in [0.2, 0.25) is 0 Å². The summed E-state index contributed by atoms with van der Waals surface area (Å²) in [5.74, 6) is 0.922. The van der Waals surface area contributed by atoms with Crippen LogP contribution < -0.4 is 15.4 Å². The summed E-state index contributed by atoms with van der Waals surface area (Å²) in [5.41, 5.74) is 5.02. The molecular formula is C25H30N2O4. The number of carbonyl (C=O) groups is 2. The number of amides is 2. The largest absolute Gasteiger partial charge is 0.495 e. The molecule has 2 amide bonds. The molecule has 164 valence electrons. The van der Waals surface area contributed by atoms with Crippen molar-refractivity contribution in [2.75, 3.05) is 24.9 Å². The number of ether oxygens (including phenoxy) is 2. The lowest BCUT2D eigenvalue weighted by molar-refractivity contribution is -0.139. The second-order valence-corrected chi connectivity index (χ2v) is 7.82. The van der Waals surface area contributed by atoms with Gasteiger partial charge in [-0.15, -0.1) is 0 Å². The molecule has 31 heavy (non-hydrogen) atoms. The minimum atomic E-state index is -0.310. The van der Waals surface area contributed by atoms with Gasteiger partial charge in [-0.2, -0.15) is 0 Å². The standard InChI is InChI=1S/C25H30N2O4/c1-17-4-14-23(30-2)22(16-17)27-25(29)26-21-12-10-20(11-13-21)19-8-5-18(6-9-19)7-15-24(28)31-3/h4,7,10-14,16,19H,5-6,8-9,15H2,1-3H3,(H2,26,27,29). The van der Waals surface area contributed by atoms with Gasteiger partial charge in [0.25, 0.3) is 0 Å². The van der Waals surface area contributed by atoms with Crippen molar-refractivity contribution in [1.82, 2.24) is 0 Å². The molecular weight excluding hydrogens is 392 g/mol. The summed E-state index contributed by atoms with van der Waals surface area (Å²) in [5, 5.41) is 5.72. The molecule has 0 bridgehead atoms. The van der Waals surface area contributed by atoms with Crippen molar-refractivity contribution in [3.05, 3.63) is 65.2 Å². The molecule has 0 unspecified atom stereocenters. The number of carbonyl (C=O) groups excluding carboxylic acids is 2. The Morgan fingerprint density at radius 1 is 1.03 bits per heavy atom. The third-order valence-corrected chi connectivity index (χ3v) is 5.66. The number of urea groups is 1. The van der Waals surface area contributed by atoms with Gasteiger partial charge >= 0.3 is 12.0 Å². The van der Waals surface area contributed by atoms with E-state index in [1.54, 1.807) is 7.11 Å². The summed E-state index contributed by atoms with van der Waals surface area (Å²) in [6.07, 6.45) is 6.50. The SMILES string of the molecule is COC(=O)CC=C1CCC(c2ccc(NC(=O)Nc3cc(C)ccc3OC)cc2)CC1. The predicted molar refractivity (Wildman–Crippen MR) is 123 cm³/mol. The smallest absolute Gasteiger partial charge is 0.323 e. The van der Waals surface area contributed by atoms with Crippen LogP contribution in [0.1, 0.15) is 49.1 Å². The Bertz CT molecular complexity index is 940. The van der Waals surface area contributed by atoms with E-state index in [1.165, 1.54) is 18.2 Å². The van der Waals surface area contributed by atoms with E-state index >= 15 is 0 Å². The molecule has 0 spiro atoms. The minimum absolute atomic E-state index is 0.192. The molecule has 1 saturated carbocycles. The van der Waals surface area contributed by atoms with Crippen LogP contribution in [0.15, 0.2) is 54.1 Å². The molecule has 2 aromatic carbocycles. The predicted octanol–water partition coefficient (Wildman–Crippen LogP) is 5.79. The van der Waals surface area contributed by atoms with E-state index in [4.69, 9.17) is 9.47 Å². The first-order valence-corrected chi connectivity index (χ1v) is 10.6. The van der Waals surface area contributed by atoms with E-state index in [-0.39, 0.29) is 12.0 Å². The second-order valence-electron chi connectivity index (χ2n) is 7.82. The van der Waals surface area contributed by atoms with Crippen molar-refractivity contribution in [3.8, 4) is 5.75 Å². The lowest BCUT2D eigenvalue weighted by atomic mass is 9.81. The molecule has 1 aliphatic carbocycles. The van der Waals surface area contributed by atoms with Gasteiger partial charge in [0, 0.05) is 5.69 Å². The van der Waals surface area contributed by atoms with Crippen LogP contribution in [0.2, 0.25) is 0 Å². The molecule has 0 radical (unpaired) electrons. The Hall–Kier alpha value is -3.28. The third kappa shape index (κ3) is 6.35. The molecule has 1 fully saturated rings. The van der Waals surface area contributed by atoms with Gasteiger partial charge in [-0.1, -0.05) is 29.8 Å². The van der Waals surface area contributed by atoms with Crippen LogP contribution in [0.5, 0.6) is 5.75 Å². The zero-order valence-electron chi connectivity index (χ0n) is 18.4. The van der Waals surface area contributed by atoms with Crippen LogP contribution in [0.3, 0.4) is 0 Å². The Morgan fingerprint density at radius 2 is 1.74 bits per heavy atom. The van der Waals surface area contributed by atoms with Crippen molar-refractivity contribution >= 4 is 23.4 Å². The molecule has 0 heterocycles. The molecule has 2 N–H and O–H groups in total. The minimum Gasteiger partial charge on any atom is -0.495 e. The van der Waals surface area contributed by atoms with Gasteiger partial charge in [0.1, 0.15) is 5.75 Å². The molecule has 0 saturated heterocycles. The van der Waals surface area contributed by atoms with Gasteiger partial charge in [-0.25, -0.2) is 4.79 Å². The molecule has 3 rings (SSSR count). The molecule has 2 aromatic rings. The van der Waals surface area contributed by atoms with Crippen LogP contribution >= 0.6 is 0 Å². The lowest BCUT2D eigenvalue weighted by Crippen LogP contribution is -2.20. The van der Waals surface area contributed by atoms with E-state index in [2.05, 4.69) is 22.8 Å². The van der Waals surface area contributed by atoms with Crippen molar-refractivity contribution in [2.24, 2.45) is 0 Å². The van der Waals surface area contributed by atoms with Gasteiger partial charge in [-0.3, -0.25) is 4.79 Å². The first-order chi connectivity index (χ1) is 15.0. The maximum Gasteiger partial charge on any atom is 0.323 e. The summed E-state index contributed by atoms with van der Waals surface area (Å²) in [7, 11) is 3.00. The van der Waals surface area contributed by atoms with Crippen molar-refractivity contribution in [1.29, 1.82) is 0 Å². The van der Waals surface area contributed by atoms with Gasteiger partial charge in [-0.05, 0) is 73.9 Å². The Labute approximate surface area is 183 Å². The van der Waals surface area contributed by atoms with E-state index in [0.29, 0.717) is 23.8 Å². The van der Waals surface area contributed by atoms with Crippen molar-refractivity contribution in [2.45, 2.75) is 44.9 Å². The topological polar surface area (TPSA) is 76.7 Å². The van der Waals surface area contributed by atoms with E-state index < -0.39 is 0 Å². The molecule has 6 heteroatoms. The normalized spacial score (nSPS) is 15.7. The number of hydrogen-bond acceptors (Lipinski definition) is 4. The highest BCUT2D eigenvalue weighted by atomic mass is 16.5.